The van der Waals surface area contributed by atoms with Gasteiger partial charge in [-0.15, -0.1) is 12.4 Å². The van der Waals surface area contributed by atoms with Gasteiger partial charge >= 0.3 is 0 Å². The fourth-order valence-electron chi connectivity index (χ4n) is 2.52. The Kier molecular flexibility index (Phi) is 7.73. The van der Waals surface area contributed by atoms with Gasteiger partial charge in [-0.25, -0.2) is 0 Å². The van der Waals surface area contributed by atoms with Gasteiger partial charge in [0.05, 0.1) is 17.8 Å². The van der Waals surface area contributed by atoms with Gasteiger partial charge in [0.2, 0.25) is 0 Å². The number of rotatable bonds is 6. The van der Waals surface area contributed by atoms with Gasteiger partial charge in [-0.2, -0.15) is 5.10 Å². The number of amides is 1. The van der Waals surface area contributed by atoms with Crippen LogP contribution in [0.15, 0.2) is 24.3 Å². The van der Waals surface area contributed by atoms with Crippen molar-refractivity contribution in [3.8, 4) is 0 Å². The van der Waals surface area contributed by atoms with E-state index in [9.17, 15) is 4.79 Å². The zero-order chi connectivity index (χ0) is 17.0. The highest BCUT2D eigenvalue weighted by atomic mass is 35.5. The lowest BCUT2D eigenvalue weighted by atomic mass is 10.1. The summed E-state index contributed by atoms with van der Waals surface area (Å²) in [6.45, 7) is 5.77. The Morgan fingerprint density at radius 1 is 1.33 bits per heavy atom. The quantitative estimate of drug-likeness (QED) is 0.850. The predicted molar refractivity (Wildman–Crippen MR) is 100 cm³/mol. The molecule has 5 nitrogen and oxygen atoms in total. The predicted octanol–water partition coefficient (Wildman–Crippen LogP) is 2.91. The lowest BCUT2D eigenvalue weighted by Crippen LogP contribution is -2.33. The van der Waals surface area contributed by atoms with E-state index in [1.165, 1.54) is 0 Å². The number of carbonyl (C=O) groups is 1. The molecule has 0 fully saturated rings. The van der Waals surface area contributed by atoms with Crippen molar-refractivity contribution in [2.24, 2.45) is 0 Å². The first kappa shape index (κ1) is 20.5. The maximum absolute atomic E-state index is 12.6. The maximum Gasteiger partial charge on any atom is 0.257 e. The lowest BCUT2D eigenvalue weighted by Gasteiger charge is -2.17. The molecule has 1 aromatic carbocycles. The van der Waals surface area contributed by atoms with Crippen LogP contribution >= 0.6 is 24.0 Å². The Hall–Kier alpha value is -1.56. The molecule has 1 N–H and O–H groups in total. The second-order valence-corrected chi connectivity index (χ2v) is 6.03. The number of carbonyl (C=O) groups excluding carboxylic acids is 1. The van der Waals surface area contributed by atoms with Crippen LogP contribution in [0.2, 0.25) is 5.02 Å². The van der Waals surface area contributed by atoms with Crippen molar-refractivity contribution in [3.63, 3.8) is 0 Å². The number of hydrogen-bond acceptors (Lipinski definition) is 3. The number of benzene rings is 1. The summed E-state index contributed by atoms with van der Waals surface area (Å²) in [5.74, 6) is 0.000610. The SMILES string of the molecule is CNCCN(C)C(=O)c1c(C)nn(Cc2ccccc2Cl)c1C.Cl. The minimum atomic E-state index is 0. The molecule has 0 saturated heterocycles. The molecule has 0 aliphatic heterocycles. The molecule has 0 aliphatic rings. The van der Waals surface area contributed by atoms with Gasteiger partial charge in [0.25, 0.3) is 5.91 Å². The van der Waals surface area contributed by atoms with Crippen LogP contribution in [0, 0.1) is 13.8 Å². The molecule has 0 unspecified atom stereocenters. The molecule has 0 atom stereocenters. The summed E-state index contributed by atoms with van der Waals surface area (Å²) in [5, 5.41) is 8.28. The molecule has 1 heterocycles. The summed E-state index contributed by atoms with van der Waals surface area (Å²) in [5.41, 5.74) is 3.28. The van der Waals surface area contributed by atoms with E-state index in [1.807, 2.05) is 56.9 Å². The van der Waals surface area contributed by atoms with Crippen molar-refractivity contribution in [3.05, 3.63) is 51.8 Å². The van der Waals surface area contributed by atoms with E-state index in [2.05, 4.69) is 10.4 Å². The van der Waals surface area contributed by atoms with Gasteiger partial charge in [0, 0.05) is 30.9 Å². The molecule has 2 aromatic rings. The van der Waals surface area contributed by atoms with Gasteiger partial charge in [0.1, 0.15) is 0 Å². The van der Waals surface area contributed by atoms with Crippen LogP contribution in [0.25, 0.3) is 0 Å². The Balaban J connectivity index is 0.00000288. The zero-order valence-corrected chi connectivity index (χ0v) is 16.0. The maximum atomic E-state index is 12.6. The highest BCUT2D eigenvalue weighted by Crippen LogP contribution is 2.20. The molecular formula is C17H24Cl2N4O. The number of halogens is 2. The molecular weight excluding hydrogens is 347 g/mol. The molecule has 0 bridgehead atoms. The molecule has 0 saturated carbocycles. The first-order chi connectivity index (χ1) is 11.0. The number of nitrogens with one attached hydrogen (secondary N) is 1. The second kappa shape index (κ2) is 9.06. The molecule has 1 aromatic heterocycles. The average Bonchev–Trinajstić information content (AvgIpc) is 2.80. The third-order valence-electron chi connectivity index (χ3n) is 3.92. The first-order valence-corrected chi connectivity index (χ1v) is 8.01. The van der Waals surface area contributed by atoms with Gasteiger partial charge < -0.3 is 10.2 Å². The second-order valence-electron chi connectivity index (χ2n) is 5.63. The van der Waals surface area contributed by atoms with Gasteiger partial charge in [-0.1, -0.05) is 29.8 Å². The molecule has 0 spiro atoms. The van der Waals surface area contributed by atoms with E-state index in [0.29, 0.717) is 23.7 Å². The summed E-state index contributed by atoms with van der Waals surface area (Å²) in [6.07, 6.45) is 0. The first-order valence-electron chi connectivity index (χ1n) is 7.63. The van der Waals surface area contributed by atoms with Crippen LogP contribution in [0.3, 0.4) is 0 Å². The third-order valence-corrected chi connectivity index (χ3v) is 4.29. The van der Waals surface area contributed by atoms with Crippen LogP contribution in [0.5, 0.6) is 0 Å². The monoisotopic (exact) mass is 370 g/mol. The Labute approximate surface area is 154 Å². The summed E-state index contributed by atoms with van der Waals surface area (Å²) in [7, 11) is 3.68. The van der Waals surface area contributed by atoms with Gasteiger partial charge in [-0.05, 0) is 32.5 Å². The van der Waals surface area contributed by atoms with Gasteiger partial charge in [0.15, 0.2) is 0 Å². The minimum Gasteiger partial charge on any atom is -0.340 e. The van der Waals surface area contributed by atoms with Crippen molar-refractivity contribution in [2.75, 3.05) is 27.2 Å². The Morgan fingerprint density at radius 3 is 2.62 bits per heavy atom. The molecule has 0 radical (unpaired) electrons. The van der Waals surface area contributed by atoms with Crippen LogP contribution < -0.4 is 5.32 Å². The average molecular weight is 371 g/mol. The number of aromatic nitrogens is 2. The van der Waals surface area contributed by atoms with Crippen molar-refractivity contribution in [1.82, 2.24) is 20.0 Å². The third kappa shape index (κ3) is 4.50. The van der Waals surface area contributed by atoms with E-state index in [-0.39, 0.29) is 18.3 Å². The molecule has 132 valence electrons. The van der Waals surface area contributed by atoms with Crippen molar-refractivity contribution in [2.45, 2.75) is 20.4 Å². The van der Waals surface area contributed by atoms with E-state index >= 15 is 0 Å². The number of hydrogen-bond donors (Lipinski definition) is 1. The van der Waals surface area contributed by atoms with Crippen LogP contribution in [-0.2, 0) is 6.54 Å². The largest absolute Gasteiger partial charge is 0.340 e. The lowest BCUT2D eigenvalue weighted by molar-refractivity contribution is 0.0795. The molecule has 7 heteroatoms. The molecule has 24 heavy (non-hydrogen) atoms. The van der Waals surface area contributed by atoms with Crippen molar-refractivity contribution < 1.29 is 4.79 Å². The minimum absolute atomic E-state index is 0. The summed E-state index contributed by atoms with van der Waals surface area (Å²) >= 11 is 6.22. The van der Waals surface area contributed by atoms with E-state index in [0.717, 1.165) is 23.5 Å². The highest BCUT2D eigenvalue weighted by Gasteiger charge is 2.21. The smallest absolute Gasteiger partial charge is 0.257 e. The number of nitrogens with zero attached hydrogens (tertiary/aromatic N) is 3. The number of likely N-dealkylation sites (N-methyl/N-ethyl adjacent to an activating group) is 2. The van der Waals surface area contributed by atoms with E-state index in [1.54, 1.807) is 4.90 Å². The summed E-state index contributed by atoms with van der Waals surface area (Å²) in [4.78, 5) is 14.4. The molecule has 2 rings (SSSR count). The Morgan fingerprint density at radius 2 is 2.00 bits per heavy atom. The number of aryl methyl sites for hydroxylation is 1. The zero-order valence-electron chi connectivity index (χ0n) is 14.5. The fraction of sp³-hybridized carbons (Fsp3) is 0.412. The molecule has 1 amide bonds. The van der Waals surface area contributed by atoms with E-state index in [4.69, 9.17) is 11.6 Å². The van der Waals surface area contributed by atoms with Crippen LogP contribution in [-0.4, -0.2) is 47.8 Å². The fourth-order valence-corrected chi connectivity index (χ4v) is 2.72. The van der Waals surface area contributed by atoms with E-state index < -0.39 is 0 Å². The van der Waals surface area contributed by atoms with Crippen molar-refractivity contribution in [1.29, 1.82) is 0 Å². The van der Waals surface area contributed by atoms with Gasteiger partial charge in [-0.3, -0.25) is 9.48 Å². The summed E-state index contributed by atoms with van der Waals surface area (Å²) < 4.78 is 1.84. The van der Waals surface area contributed by atoms with Crippen molar-refractivity contribution >= 4 is 29.9 Å². The highest BCUT2D eigenvalue weighted by molar-refractivity contribution is 6.31. The topological polar surface area (TPSA) is 50.2 Å². The summed E-state index contributed by atoms with van der Waals surface area (Å²) in [6, 6.07) is 7.68. The normalized spacial score (nSPS) is 10.4. The standard InChI is InChI=1S/C17H23ClN4O.ClH/c1-12-16(17(23)21(4)10-9-19-3)13(2)22(20-12)11-14-7-5-6-8-15(14)18;/h5-8,19H,9-11H2,1-4H3;1H. The van der Waals surface area contributed by atoms with Crippen LogP contribution in [0.4, 0.5) is 0 Å². The molecule has 0 aliphatic carbocycles. The Bertz CT molecular complexity index is 700. The van der Waals surface area contributed by atoms with Crippen LogP contribution in [0.1, 0.15) is 27.3 Å².